The van der Waals surface area contributed by atoms with E-state index in [1.165, 1.54) is 25.4 Å². The van der Waals surface area contributed by atoms with E-state index in [0.29, 0.717) is 4.88 Å². The number of methoxy groups -OCH3 is 1. The molecule has 3 aromatic rings. The third-order valence-corrected chi connectivity index (χ3v) is 7.04. The Morgan fingerprint density at radius 1 is 0.971 bits per heavy atom. The normalized spacial score (nSPS) is 14.8. The fraction of sp³-hybridized carbons (Fsp3) is 0.269. The van der Waals surface area contributed by atoms with Crippen LogP contribution in [0.15, 0.2) is 66.0 Å². The van der Waals surface area contributed by atoms with Gasteiger partial charge in [0.1, 0.15) is 12.6 Å². The number of hydrogen-bond acceptors (Lipinski definition) is 6. The van der Waals surface area contributed by atoms with E-state index in [-0.39, 0.29) is 12.5 Å². The van der Waals surface area contributed by atoms with Gasteiger partial charge in [-0.05, 0) is 40.6 Å². The predicted molar refractivity (Wildman–Crippen MR) is 131 cm³/mol. The van der Waals surface area contributed by atoms with Crippen molar-refractivity contribution in [2.75, 3.05) is 13.7 Å². The molecule has 0 aliphatic heterocycles. The number of carbonyl (C=O) groups excluding carboxylic acids is 2. The molecule has 2 aromatic carbocycles. The fourth-order valence-electron chi connectivity index (χ4n) is 4.23. The van der Waals surface area contributed by atoms with Crippen molar-refractivity contribution in [2.24, 2.45) is 0 Å². The molecule has 3 N–H and O–H groups in total. The summed E-state index contributed by atoms with van der Waals surface area (Å²) in [5.41, 5.74) is 4.37. The highest BCUT2D eigenvalue weighted by Crippen LogP contribution is 2.44. The topological polar surface area (TPSA) is 114 Å². The molecule has 8 nitrogen and oxygen atoms in total. The van der Waals surface area contributed by atoms with E-state index in [9.17, 15) is 19.5 Å². The van der Waals surface area contributed by atoms with E-state index in [2.05, 4.69) is 10.6 Å². The number of aliphatic carboxylic acids is 1. The van der Waals surface area contributed by atoms with Crippen LogP contribution in [-0.2, 0) is 19.1 Å². The number of thiophene rings is 1. The molecular weight excluding hydrogens is 468 g/mol. The number of rotatable bonds is 9. The van der Waals surface area contributed by atoms with E-state index >= 15 is 0 Å². The average molecular weight is 495 g/mol. The molecule has 182 valence electrons. The molecule has 4 rings (SSSR count). The van der Waals surface area contributed by atoms with Crippen molar-refractivity contribution in [1.82, 2.24) is 10.6 Å². The second-order valence-electron chi connectivity index (χ2n) is 8.18. The summed E-state index contributed by atoms with van der Waals surface area (Å²) >= 11 is 1.27. The van der Waals surface area contributed by atoms with E-state index in [4.69, 9.17) is 9.47 Å². The summed E-state index contributed by atoms with van der Waals surface area (Å²) in [4.78, 5) is 38.0. The molecule has 0 radical (unpaired) electrons. The van der Waals surface area contributed by atoms with Crippen molar-refractivity contribution < 1.29 is 29.0 Å². The zero-order valence-electron chi connectivity index (χ0n) is 19.3. The number of nitrogens with one attached hydrogen (secondary N) is 2. The highest BCUT2D eigenvalue weighted by molar-refractivity contribution is 7.10. The van der Waals surface area contributed by atoms with Gasteiger partial charge in [-0.3, -0.25) is 4.79 Å². The lowest BCUT2D eigenvalue weighted by Gasteiger charge is -2.24. The molecule has 3 unspecified atom stereocenters. The van der Waals surface area contributed by atoms with Crippen LogP contribution in [0.1, 0.15) is 34.9 Å². The standard InChI is InChI=1S/C26H26N2O6S/c1-15(33-2)22(25(30)31)27-24(29)23(21-12-7-13-35-21)28-26(32)34-14-20-18-10-5-3-8-16(18)17-9-4-6-11-19(17)20/h3-13,15,20,22-23H,14H2,1-2H3,(H,27,29)(H,28,32)(H,30,31). The summed E-state index contributed by atoms with van der Waals surface area (Å²) in [6, 6.07) is 17.0. The van der Waals surface area contributed by atoms with Crippen molar-refractivity contribution in [3.05, 3.63) is 82.0 Å². The fourth-order valence-corrected chi connectivity index (χ4v) is 5.01. The molecule has 0 fully saturated rings. The lowest BCUT2D eigenvalue weighted by Crippen LogP contribution is -2.52. The first kappa shape index (κ1) is 24.4. The number of hydrogen-bond donors (Lipinski definition) is 3. The molecule has 0 spiro atoms. The zero-order chi connectivity index (χ0) is 24.9. The maximum absolute atomic E-state index is 13.0. The number of fused-ring (bicyclic) bond motifs is 3. The van der Waals surface area contributed by atoms with E-state index in [1.807, 2.05) is 48.5 Å². The van der Waals surface area contributed by atoms with Gasteiger partial charge < -0.3 is 25.2 Å². The molecule has 0 saturated heterocycles. The van der Waals surface area contributed by atoms with Crippen LogP contribution in [0.25, 0.3) is 11.1 Å². The number of carbonyl (C=O) groups is 3. The summed E-state index contributed by atoms with van der Waals surface area (Å²) in [6.07, 6.45) is -1.54. The van der Waals surface area contributed by atoms with Gasteiger partial charge in [0.2, 0.25) is 5.91 Å². The van der Waals surface area contributed by atoms with Crippen LogP contribution < -0.4 is 10.6 Å². The number of carboxylic acid groups (broad SMARTS) is 1. The monoisotopic (exact) mass is 494 g/mol. The molecule has 0 saturated carbocycles. The van der Waals surface area contributed by atoms with Gasteiger partial charge in [0.05, 0.1) is 6.10 Å². The van der Waals surface area contributed by atoms with Crippen molar-refractivity contribution in [2.45, 2.75) is 31.0 Å². The SMILES string of the molecule is COC(C)C(NC(=O)C(NC(=O)OCC1c2ccccc2-c2ccccc21)c1cccs1)C(=O)O. The summed E-state index contributed by atoms with van der Waals surface area (Å²) in [5, 5.41) is 16.3. The van der Waals surface area contributed by atoms with Crippen molar-refractivity contribution in [3.63, 3.8) is 0 Å². The molecule has 1 aromatic heterocycles. The van der Waals surface area contributed by atoms with Gasteiger partial charge in [0, 0.05) is 17.9 Å². The largest absolute Gasteiger partial charge is 0.480 e. The lowest BCUT2D eigenvalue weighted by molar-refractivity contribution is -0.145. The Morgan fingerprint density at radius 2 is 1.60 bits per heavy atom. The van der Waals surface area contributed by atoms with Crippen LogP contribution in [0.4, 0.5) is 4.79 Å². The lowest BCUT2D eigenvalue weighted by atomic mass is 9.98. The molecule has 1 heterocycles. The number of benzene rings is 2. The average Bonchev–Trinajstić information content (AvgIpc) is 3.50. The first-order valence-corrected chi connectivity index (χ1v) is 12.0. The summed E-state index contributed by atoms with van der Waals surface area (Å²) < 4.78 is 10.6. The Kier molecular flexibility index (Phi) is 7.48. The Bertz CT molecular complexity index is 1170. The van der Waals surface area contributed by atoms with Gasteiger partial charge in [-0.1, -0.05) is 54.6 Å². The molecule has 3 atom stereocenters. The van der Waals surface area contributed by atoms with Crippen LogP contribution >= 0.6 is 11.3 Å². The molecule has 35 heavy (non-hydrogen) atoms. The predicted octanol–water partition coefficient (Wildman–Crippen LogP) is 3.93. The quantitative estimate of drug-likeness (QED) is 0.415. The van der Waals surface area contributed by atoms with E-state index in [1.54, 1.807) is 17.5 Å². The Morgan fingerprint density at radius 3 is 2.14 bits per heavy atom. The summed E-state index contributed by atoms with van der Waals surface area (Å²) in [6.45, 7) is 1.63. The highest BCUT2D eigenvalue weighted by Gasteiger charge is 2.33. The Labute approximate surface area is 206 Å². The zero-order valence-corrected chi connectivity index (χ0v) is 20.1. The van der Waals surface area contributed by atoms with Crippen molar-refractivity contribution >= 4 is 29.3 Å². The summed E-state index contributed by atoms with van der Waals surface area (Å²) in [5.74, 6) is -2.03. The first-order chi connectivity index (χ1) is 16.9. The second-order valence-corrected chi connectivity index (χ2v) is 9.16. The highest BCUT2D eigenvalue weighted by atomic mass is 32.1. The van der Waals surface area contributed by atoms with Crippen molar-refractivity contribution in [3.8, 4) is 11.1 Å². The number of alkyl carbamates (subject to hydrolysis) is 1. The number of ether oxygens (including phenoxy) is 2. The minimum atomic E-state index is -1.28. The molecular formula is C26H26N2O6S. The van der Waals surface area contributed by atoms with Crippen molar-refractivity contribution in [1.29, 1.82) is 0 Å². The van der Waals surface area contributed by atoms with Gasteiger partial charge in [-0.25, -0.2) is 9.59 Å². The molecule has 0 bridgehead atoms. The summed E-state index contributed by atoms with van der Waals surface area (Å²) in [7, 11) is 1.36. The van der Waals surface area contributed by atoms with Gasteiger partial charge in [-0.15, -0.1) is 11.3 Å². The smallest absolute Gasteiger partial charge is 0.408 e. The van der Waals surface area contributed by atoms with E-state index < -0.39 is 36.2 Å². The molecule has 1 aliphatic carbocycles. The minimum absolute atomic E-state index is 0.0943. The molecule has 2 amide bonds. The van der Waals surface area contributed by atoms with Gasteiger partial charge >= 0.3 is 12.1 Å². The second kappa shape index (κ2) is 10.7. The Balaban J connectivity index is 1.47. The number of amides is 2. The van der Waals surface area contributed by atoms with Gasteiger partial charge in [0.15, 0.2) is 6.04 Å². The van der Waals surface area contributed by atoms with Crippen LogP contribution in [-0.4, -0.2) is 48.9 Å². The molecule has 1 aliphatic rings. The Hall–Kier alpha value is -3.69. The minimum Gasteiger partial charge on any atom is -0.480 e. The van der Waals surface area contributed by atoms with Crippen LogP contribution in [0.5, 0.6) is 0 Å². The third kappa shape index (κ3) is 5.21. The maximum Gasteiger partial charge on any atom is 0.408 e. The van der Waals surface area contributed by atoms with Gasteiger partial charge in [0.25, 0.3) is 0 Å². The first-order valence-electron chi connectivity index (χ1n) is 11.1. The van der Waals surface area contributed by atoms with Crippen LogP contribution in [0.2, 0.25) is 0 Å². The third-order valence-electron chi connectivity index (χ3n) is 6.10. The van der Waals surface area contributed by atoms with Crippen LogP contribution in [0.3, 0.4) is 0 Å². The van der Waals surface area contributed by atoms with E-state index in [0.717, 1.165) is 22.3 Å². The maximum atomic E-state index is 13.0. The number of carboxylic acids is 1. The van der Waals surface area contributed by atoms with Crippen LogP contribution in [0, 0.1) is 0 Å². The van der Waals surface area contributed by atoms with Gasteiger partial charge in [-0.2, -0.15) is 0 Å². The molecule has 9 heteroatoms.